The number of hydrogen-bond donors (Lipinski definition) is 2. The van der Waals surface area contributed by atoms with E-state index in [0.717, 1.165) is 51.2 Å². The second-order valence-electron chi connectivity index (χ2n) is 7.38. The SMILES string of the molecule is CN(C)CCOc1cncc(-c2cnc3n[nH]c(-c4cc5cccnc5[nH]4)c3c2)c1. The van der Waals surface area contributed by atoms with E-state index in [1.807, 2.05) is 38.5 Å². The van der Waals surface area contributed by atoms with E-state index < -0.39 is 0 Å². The van der Waals surface area contributed by atoms with Gasteiger partial charge in [-0.2, -0.15) is 5.10 Å². The van der Waals surface area contributed by atoms with Crippen molar-refractivity contribution in [2.75, 3.05) is 27.2 Å². The third-order valence-corrected chi connectivity index (χ3v) is 4.92. The van der Waals surface area contributed by atoms with E-state index in [4.69, 9.17) is 4.74 Å². The van der Waals surface area contributed by atoms with E-state index >= 15 is 0 Å². The van der Waals surface area contributed by atoms with E-state index in [0.29, 0.717) is 12.3 Å². The van der Waals surface area contributed by atoms with Crippen molar-refractivity contribution in [3.8, 4) is 28.3 Å². The average Bonchev–Trinajstić information content (AvgIpc) is 3.37. The predicted octanol–water partition coefficient (Wildman–Crippen LogP) is 3.50. The average molecular weight is 399 g/mol. The molecule has 0 aliphatic carbocycles. The molecule has 0 amide bonds. The molecular formula is C22H21N7O. The van der Waals surface area contributed by atoms with Gasteiger partial charge in [-0.1, -0.05) is 0 Å². The molecular weight excluding hydrogens is 378 g/mol. The first-order valence-electron chi connectivity index (χ1n) is 9.68. The maximum atomic E-state index is 5.82. The van der Waals surface area contributed by atoms with Gasteiger partial charge in [-0.05, 0) is 44.4 Å². The Morgan fingerprint density at radius 3 is 2.80 bits per heavy atom. The fraction of sp³-hybridized carbons (Fsp3) is 0.182. The number of hydrogen-bond acceptors (Lipinski definition) is 6. The number of pyridine rings is 3. The van der Waals surface area contributed by atoms with Crippen molar-refractivity contribution >= 4 is 22.1 Å². The summed E-state index contributed by atoms with van der Waals surface area (Å²) in [5, 5.41) is 9.43. The summed E-state index contributed by atoms with van der Waals surface area (Å²) in [5.74, 6) is 0.739. The first kappa shape index (κ1) is 18.3. The zero-order valence-corrected chi connectivity index (χ0v) is 16.8. The highest BCUT2D eigenvalue weighted by atomic mass is 16.5. The number of aromatic nitrogens is 6. The minimum atomic E-state index is 0.607. The maximum absolute atomic E-state index is 5.82. The Hall–Kier alpha value is -3.78. The van der Waals surface area contributed by atoms with Crippen LogP contribution in [0.15, 0.2) is 55.1 Å². The first-order valence-corrected chi connectivity index (χ1v) is 9.68. The summed E-state index contributed by atoms with van der Waals surface area (Å²) in [7, 11) is 4.04. The largest absolute Gasteiger partial charge is 0.491 e. The number of aromatic amines is 2. The van der Waals surface area contributed by atoms with Crippen molar-refractivity contribution < 1.29 is 4.74 Å². The van der Waals surface area contributed by atoms with Gasteiger partial charge in [0.1, 0.15) is 18.0 Å². The summed E-state index contributed by atoms with van der Waals surface area (Å²) < 4.78 is 5.82. The standard InChI is InChI=1S/C22H21N7O/c1-29(2)6-7-30-17-8-15(11-23-13-17)16-9-18-20(27-28-22(18)25-12-16)19-10-14-4-3-5-24-21(14)26-19/h3-5,8-13H,6-7H2,1-2H3,(H,24,26)(H,25,27,28). The molecule has 0 unspecified atom stereocenters. The summed E-state index contributed by atoms with van der Waals surface area (Å²) >= 11 is 0. The molecule has 0 atom stereocenters. The van der Waals surface area contributed by atoms with Crippen LogP contribution < -0.4 is 4.74 Å². The van der Waals surface area contributed by atoms with Crippen LogP contribution in [0.25, 0.3) is 44.6 Å². The van der Waals surface area contributed by atoms with Gasteiger partial charge in [0.2, 0.25) is 0 Å². The number of H-pyrrole nitrogens is 2. The molecule has 0 saturated carbocycles. The number of fused-ring (bicyclic) bond motifs is 2. The van der Waals surface area contributed by atoms with Crippen molar-refractivity contribution in [2.45, 2.75) is 0 Å². The molecule has 5 rings (SSSR count). The molecule has 0 radical (unpaired) electrons. The van der Waals surface area contributed by atoms with Crippen molar-refractivity contribution in [2.24, 2.45) is 0 Å². The molecule has 5 aromatic heterocycles. The van der Waals surface area contributed by atoms with E-state index in [9.17, 15) is 0 Å². The van der Waals surface area contributed by atoms with Gasteiger partial charge in [-0.25, -0.2) is 9.97 Å². The Bertz CT molecular complexity index is 1290. The van der Waals surface area contributed by atoms with Crippen molar-refractivity contribution in [1.29, 1.82) is 0 Å². The minimum Gasteiger partial charge on any atom is -0.491 e. The van der Waals surface area contributed by atoms with Gasteiger partial charge < -0.3 is 14.6 Å². The van der Waals surface area contributed by atoms with Crippen LogP contribution in [0.4, 0.5) is 0 Å². The topological polar surface area (TPSA) is 95.6 Å². The van der Waals surface area contributed by atoms with Crippen LogP contribution in [0.5, 0.6) is 5.75 Å². The smallest absolute Gasteiger partial charge is 0.181 e. The lowest BCUT2D eigenvalue weighted by Crippen LogP contribution is -2.19. The zero-order chi connectivity index (χ0) is 20.5. The molecule has 5 heterocycles. The normalized spacial score (nSPS) is 11.6. The highest BCUT2D eigenvalue weighted by Crippen LogP contribution is 2.30. The predicted molar refractivity (Wildman–Crippen MR) is 116 cm³/mol. The molecule has 8 nitrogen and oxygen atoms in total. The molecule has 0 saturated heterocycles. The Kier molecular flexibility index (Phi) is 4.61. The lowest BCUT2D eigenvalue weighted by Gasteiger charge is -2.11. The number of ether oxygens (including phenoxy) is 1. The molecule has 0 bridgehead atoms. The first-order chi connectivity index (χ1) is 14.7. The maximum Gasteiger partial charge on any atom is 0.181 e. The number of nitrogens with zero attached hydrogens (tertiary/aromatic N) is 5. The lowest BCUT2D eigenvalue weighted by molar-refractivity contribution is 0.261. The molecule has 5 aromatic rings. The molecule has 0 spiro atoms. The monoisotopic (exact) mass is 399 g/mol. The quantitative estimate of drug-likeness (QED) is 0.454. The third-order valence-electron chi connectivity index (χ3n) is 4.92. The highest BCUT2D eigenvalue weighted by Gasteiger charge is 2.13. The van der Waals surface area contributed by atoms with Crippen molar-refractivity contribution in [3.63, 3.8) is 0 Å². The Morgan fingerprint density at radius 1 is 1.03 bits per heavy atom. The van der Waals surface area contributed by atoms with E-state index in [2.05, 4.69) is 47.2 Å². The molecule has 0 aromatic carbocycles. The molecule has 150 valence electrons. The van der Waals surface area contributed by atoms with E-state index in [1.54, 1.807) is 18.6 Å². The van der Waals surface area contributed by atoms with Crippen LogP contribution >= 0.6 is 0 Å². The van der Waals surface area contributed by atoms with Gasteiger partial charge in [0, 0.05) is 47.0 Å². The number of nitrogens with one attached hydrogen (secondary N) is 2. The van der Waals surface area contributed by atoms with Crippen LogP contribution in [0.3, 0.4) is 0 Å². The van der Waals surface area contributed by atoms with Gasteiger partial charge in [-0.15, -0.1) is 0 Å². The van der Waals surface area contributed by atoms with Gasteiger partial charge in [0.25, 0.3) is 0 Å². The summed E-state index contributed by atoms with van der Waals surface area (Å²) in [4.78, 5) is 18.7. The molecule has 0 aliphatic rings. The fourth-order valence-corrected chi connectivity index (χ4v) is 3.36. The minimum absolute atomic E-state index is 0.607. The number of likely N-dealkylation sites (N-methyl/N-ethyl adjacent to an activating group) is 1. The Balaban J connectivity index is 1.50. The molecule has 0 fully saturated rings. The zero-order valence-electron chi connectivity index (χ0n) is 16.8. The second-order valence-corrected chi connectivity index (χ2v) is 7.38. The second kappa shape index (κ2) is 7.57. The molecule has 30 heavy (non-hydrogen) atoms. The van der Waals surface area contributed by atoms with Gasteiger partial charge in [-0.3, -0.25) is 10.1 Å². The summed E-state index contributed by atoms with van der Waals surface area (Å²) in [5.41, 5.74) is 5.19. The Morgan fingerprint density at radius 2 is 1.93 bits per heavy atom. The number of rotatable bonds is 6. The molecule has 0 aliphatic heterocycles. The third kappa shape index (κ3) is 3.48. The highest BCUT2D eigenvalue weighted by molar-refractivity contribution is 5.95. The summed E-state index contributed by atoms with van der Waals surface area (Å²) in [6.45, 7) is 1.45. The lowest BCUT2D eigenvalue weighted by atomic mass is 10.1. The molecule has 8 heteroatoms. The van der Waals surface area contributed by atoms with Gasteiger partial charge in [0.15, 0.2) is 5.65 Å². The Labute approximate surface area is 173 Å². The van der Waals surface area contributed by atoms with Crippen LogP contribution in [-0.2, 0) is 0 Å². The summed E-state index contributed by atoms with van der Waals surface area (Å²) in [6.07, 6.45) is 7.12. The van der Waals surface area contributed by atoms with E-state index in [-0.39, 0.29) is 0 Å². The van der Waals surface area contributed by atoms with Crippen LogP contribution in [-0.4, -0.2) is 62.3 Å². The molecule has 2 N–H and O–H groups in total. The van der Waals surface area contributed by atoms with Gasteiger partial charge in [0.05, 0.1) is 17.6 Å². The van der Waals surface area contributed by atoms with Crippen LogP contribution in [0, 0.1) is 0 Å². The van der Waals surface area contributed by atoms with Crippen LogP contribution in [0.1, 0.15) is 0 Å². The van der Waals surface area contributed by atoms with Crippen molar-refractivity contribution in [3.05, 3.63) is 55.1 Å². The summed E-state index contributed by atoms with van der Waals surface area (Å²) in [6, 6.07) is 10.1. The van der Waals surface area contributed by atoms with E-state index in [1.165, 1.54) is 0 Å². The van der Waals surface area contributed by atoms with Crippen LogP contribution in [0.2, 0.25) is 0 Å². The van der Waals surface area contributed by atoms with Gasteiger partial charge >= 0.3 is 0 Å². The fourth-order valence-electron chi connectivity index (χ4n) is 3.36. The van der Waals surface area contributed by atoms with Crippen molar-refractivity contribution in [1.82, 2.24) is 35.0 Å².